The van der Waals surface area contributed by atoms with Crippen molar-refractivity contribution in [1.82, 2.24) is 9.88 Å². The number of hydrogen-bond acceptors (Lipinski definition) is 4. The summed E-state index contributed by atoms with van der Waals surface area (Å²) >= 11 is 7.06. The van der Waals surface area contributed by atoms with Crippen molar-refractivity contribution in [1.29, 1.82) is 0 Å². The minimum atomic E-state index is -0.895. The number of carboxylic acids is 1. The van der Waals surface area contributed by atoms with Crippen molar-refractivity contribution in [3.05, 3.63) is 15.5 Å². The van der Waals surface area contributed by atoms with E-state index in [1.54, 1.807) is 7.05 Å². The standard InChI is InChI=1S/C11H13ClN2O3S/c1-14-8(15)4-2-3-6(11(16)17)9(14)10-13-5-7(12)18-10/h5-6,9H,2-4H2,1H3,(H,16,17). The lowest BCUT2D eigenvalue weighted by Gasteiger charge is -2.28. The summed E-state index contributed by atoms with van der Waals surface area (Å²) in [5.74, 6) is -1.56. The molecule has 0 saturated carbocycles. The number of rotatable bonds is 2. The molecule has 2 rings (SSSR count). The molecule has 98 valence electrons. The Morgan fingerprint density at radius 1 is 1.67 bits per heavy atom. The van der Waals surface area contributed by atoms with E-state index < -0.39 is 17.9 Å². The molecular weight excluding hydrogens is 276 g/mol. The van der Waals surface area contributed by atoms with E-state index in [1.165, 1.54) is 22.4 Å². The Kier molecular flexibility index (Phi) is 3.87. The first-order valence-electron chi connectivity index (χ1n) is 5.60. The van der Waals surface area contributed by atoms with Crippen LogP contribution in [0.25, 0.3) is 0 Å². The Morgan fingerprint density at radius 2 is 2.39 bits per heavy atom. The summed E-state index contributed by atoms with van der Waals surface area (Å²) in [6, 6.07) is -0.519. The number of carboxylic acid groups (broad SMARTS) is 1. The second-order valence-electron chi connectivity index (χ2n) is 4.29. The average Bonchev–Trinajstić information content (AvgIpc) is 2.66. The number of nitrogens with zero attached hydrogens (tertiary/aromatic N) is 2. The van der Waals surface area contributed by atoms with Gasteiger partial charge < -0.3 is 10.0 Å². The predicted octanol–water partition coefficient (Wildman–Crippen LogP) is 2.18. The van der Waals surface area contributed by atoms with Crippen LogP contribution in [0.15, 0.2) is 6.20 Å². The molecule has 1 amide bonds. The zero-order valence-corrected chi connectivity index (χ0v) is 11.4. The van der Waals surface area contributed by atoms with E-state index >= 15 is 0 Å². The molecule has 18 heavy (non-hydrogen) atoms. The Morgan fingerprint density at radius 3 is 2.94 bits per heavy atom. The number of likely N-dealkylation sites (tertiary alicyclic amines) is 1. The molecule has 2 atom stereocenters. The average molecular weight is 289 g/mol. The molecule has 1 aromatic rings. The molecular formula is C11H13ClN2O3S. The van der Waals surface area contributed by atoms with Crippen molar-refractivity contribution in [3.63, 3.8) is 0 Å². The molecule has 2 heterocycles. The lowest BCUT2D eigenvalue weighted by atomic mass is 9.95. The second kappa shape index (κ2) is 5.24. The fraction of sp³-hybridized carbons (Fsp3) is 0.545. The Labute approximate surface area is 113 Å². The summed E-state index contributed by atoms with van der Waals surface area (Å²) in [7, 11) is 1.63. The van der Waals surface area contributed by atoms with Gasteiger partial charge in [-0.2, -0.15) is 0 Å². The largest absolute Gasteiger partial charge is 0.481 e. The van der Waals surface area contributed by atoms with Crippen LogP contribution in [0.5, 0.6) is 0 Å². The first-order chi connectivity index (χ1) is 8.50. The van der Waals surface area contributed by atoms with Crippen molar-refractivity contribution in [3.8, 4) is 0 Å². The molecule has 0 spiro atoms. The van der Waals surface area contributed by atoms with E-state index in [1.807, 2.05) is 0 Å². The summed E-state index contributed by atoms with van der Waals surface area (Å²) in [4.78, 5) is 28.8. The van der Waals surface area contributed by atoms with Gasteiger partial charge in [-0.05, 0) is 12.8 Å². The molecule has 2 unspecified atom stereocenters. The zero-order valence-electron chi connectivity index (χ0n) is 9.80. The van der Waals surface area contributed by atoms with Crippen molar-refractivity contribution in [2.45, 2.75) is 25.3 Å². The quantitative estimate of drug-likeness (QED) is 0.905. The summed E-state index contributed by atoms with van der Waals surface area (Å²) in [6.07, 6.45) is 2.95. The van der Waals surface area contributed by atoms with Gasteiger partial charge in [-0.15, -0.1) is 11.3 Å². The third-order valence-corrected chi connectivity index (χ3v) is 4.35. The fourth-order valence-electron chi connectivity index (χ4n) is 2.23. The van der Waals surface area contributed by atoms with Crippen LogP contribution < -0.4 is 0 Å². The van der Waals surface area contributed by atoms with E-state index in [0.29, 0.717) is 28.6 Å². The van der Waals surface area contributed by atoms with Gasteiger partial charge in [-0.3, -0.25) is 9.59 Å². The van der Waals surface area contributed by atoms with Crippen LogP contribution in [0, 0.1) is 5.92 Å². The fourth-order valence-corrected chi connectivity index (χ4v) is 3.37. The van der Waals surface area contributed by atoms with Gasteiger partial charge in [0, 0.05) is 13.5 Å². The molecule has 0 aliphatic carbocycles. The number of aromatic nitrogens is 1. The van der Waals surface area contributed by atoms with E-state index in [9.17, 15) is 14.7 Å². The monoisotopic (exact) mass is 288 g/mol. The molecule has 1 aliphatic rings. The minimum absolute atomic E-state index is 0.0462. The van der Waals surface area contributed by atoms with E-state index in [2.05, 4.69) is 4.98 Å². The highest BCUT2D eigenvalue weighted by Gasteiger charge is 2.38. The van der Waals surface area contributed by atoms with E-state index in [0.717, 1.165) is 0 Å². The van der Waals surface area contributed by atoms with Crippen LogP contribution >= 0.6 is 22.9 Å². The summed E-state index contributed by atoms with van der Waals surface area (Å²) in [6.45, 7) is 0. The van der Waals surface area contributed by atoms with Gasteiger partial charge >= 0.3 is 5.97 Å². The maximum atomic E-state index is 11.8. The summed E-state index contributed by atoms with van der Waals surface area (Å²) in [5.41, 5.74) is 0. The number of hydrogen-bond donors (Lipinski definition) is 1. The molecule has 1 aromatic heterocycles. The third-order valence-electron chi connectivity index (χ3n) is 3.16. The van der Waals surface area contributed by atoms with Crippen LogP contribution in [0.4, 0.5) is 0 Å². The maximum absolute atomic E-state index is 11.8. The van der Waals surface area contributed by atoms with Crippen molar-refractivity contribution in [2.24, 2.45) is 5.92 Å². The van der Waals surface area contributed by atoms with E-state index in [-0.39, 0.29) is 5.91 Å². The van der Waals surface area contributed by atoms with Gasteiger partial charge in [-0.1, -0.05) is 11.6 Å². The van der Waals surface area contributed by atoms with Crippen LogP contribution in [0.1, 0.15) is 30.3 Å². The molecule has 0 aromatic carbocycles. The molecule has 5 nitrogen and oxygen atoms in total. The number of carbonyl (C=O) groups excluding carboxylic acids is 1. The first kappa shape index (κ1) is 13.3. The molecule has 0 radical (unpaired) electrons. The van der Waals surface area contributed by atoms with Gasteiger partial charge in [0.25, 0.3) is 0 Å². The van der Waals surface area contributed by atoms with Gasteiger partial charge in [0.1, 0.15) is 9.34 Å². The second-order valence-corrected chi connectivity index (χ2v) is 5.98. The van der Waals surface area contributed by atoms with Gasteiger partial charge in [-0.25, -0.2) is 4.98 Å². The summed E-state index contributed by atoms with van der Waals surface area (Å²) in [5, 5.41) is 9.90. The van der Waals surface area contributed by atoms with Gasteiger partial charge in [0.15, 0.2) is 0 Å². The summed E-state index contributed by atoms with van der Waals surface area (Å²) < 4.78 is 0.499. The first-order valence-corrected chi connectivity index (χ1v) is 6.80. The zero-order chi connectivity index (χ0) is 13.3. The van der Waals surface area contributed by atoms with Gasteiger partial charge in [0.05, 0.1) is 18.2 Å². The van der Waals surface area contributed by atoms with Crippen LogP contribution in [-0.4, -0.2) is 33.9 Å². The number of amides is 1. The van der Waals surface area contributed by atoms with Crippen molar-refractivity contribution < 1.29 is 14.7 Å². The number of aliphatic carboxylic acids is 1. The number of halogens is 1. The van der Waals surface area contributed by atoms with Crippen molar-refractivity contribution in [2.75, 3.05) is 7.05 Å². The third kappa shape index (κ3) is 2.49. The molecule has 0 bridgehead atoms. The van der Waals surface area contributed by atoms with E-state index in [4.69, 9.17) is 11.6 Å². The maximum Gasteiger partial charge on any atom is 0.309 e. The van der Waals surface area contributed by atoms with Gasteiger partial charge in [0.2, 0.25) is 5.91 Å². The Hall–Kier alpha value is -1.14. The van der Waals surface area contributed by atoms with Crippen LogP contribution in [-0.2, 0) is 9.59 Å². The predicted molar refractivity (Wildman–Crippen MR) is 67.6 cm³/mol. The smallest absolute Gasteiger partial charge is 0.309 e. The lowest BCUT2D eigenvalue weighted by molar-refractivity contribution is -0.145. The highest BCUT2D eigenvalue weighted by molar-refractivity contribution is 7.15. The lowest BCUT2D eigenvalue weighted by Crippen LogP contribution is -2.36. The Balaban J connectivity index is 2.40. The normalized spacial score (nSPS) is 25.0. The van der Waals surface area contributed by atoms with Crippen LogP contribution in [0.2, 0.25) is 4.34 Å². The minimum Gasteiger partial charge on any atom is -0.481 e. The molecule has 1 fully saturated rings. The highest BCUT2D eigenvalue weighted by atomic mass is 35.5. The number of carbonyl (C=O) groups is 2. The Bertz CT molecular complexity index is 477. The molecule has 7 heteroatoms. The topological polar surface area (TPSA) is 70.5 Å². The van der Waals surface area contributed by atoms with Crippen LogP contribution in [0.3, 0.4) is 0 Å². The number of thiazole rings is 1. The SMILES string of the molecule is CN1C(=O)CCCC(C(=O)O)C1c1ncc(Cl)s1. The molecule has 1 aliphatic heterocycles. The van der Waals surface area contributed by atoms with Crippen molar-refractivity contribution >= 4 is 34.8 Å². The molecule has 1 N–H and O–H groups in total. The highest BCUT2D eigenvalue weighted by Crippen LogP contribution is 2.37. The molecule has 1 saturated heterocycles.